The van der Waals surface area contributed by atoms with E-state index in [0.717, 1.165) is 49.3 Å². The molecule has 4 aliphatic rings. The number of H-pyrrole nitrogens is 1. The van der Waals surface area contributed by atoms with Crippen LogP contribution in [0.5, 0.6) is 0 Å². The lowest BCUT2D eigenvalue weighted by molar-refractivity contribution is -0.147. The molecule has 21 heavy (non-hydrogen) atoms. The fourth-order valence-corrected chi connectivity index (χ4v) is 5.53. The largest absolute Gasteiger partial charge is 0.347 e. The summed E-state index contributed by atoms with van der Waals surface area (Å²) < 4.78 is 0. The Labute approximate surface area is 126 Å². The number of hydrogen-bond acceptors (Lipinski definition) is 2. The summed E-state index contributed by atoms with van der Waals surface area (Å²) in [6, 6.07) is 0.0282. The minimum Gasteiger partial charge on any atom is -0.347 e. The summed E-state index contributed by atoms with van der Waals surface area (Å²) in [5.41, 5.74) is -0.0608. The minimum atomic E-state index is -0.0608. The number of nitrogens with one attached hydrogen (secondary N) is 2. The average Bonchev–Trinajstić information content (AvgIpc) is 2.97. The van der Waals surface area contributed by atoms with Crippen LogP contribution in [0.3, 0.4) is 0 Å². The van der Waals surface area contributed by atoms with Crippen LogP contribution in [0.1, 0.15) is 63.7 Å². The molecule has 1 aromatic heterocycles. The second-order valence-electron chi connectivity index (χ2n) is 7.61. The first-order valence-corrected chi connectivity index (χ1v) is 8.49. The van der Waals surface area contributed by atoms with E-state index in [1.165, 1.54) is 19.3 Å². The summed E-state index contributed by atoms with van der Waals surface area (Å²) >= 11 is 0. The summed E-state index contributed by atoms with van der Waals surface area (Å²) in [5.74, 6) is 3.61. The fraction of sp³-hybridized carbons (Fsp3) is 0.765. The zero-order valence-corrected chi connectivity index (χ0v) is 12.8. The van der Waals surface area contributed by atoms with Crippen molar-refractivity contribution >= 4 is 5.91 Å². The molecule has 0 aliphatic heterocycles. The van der Waals surface area contributed by atoms with Crippen molar-refractivity contribution in [3.63, 3.8) is 0 Å². The minimum absolute atomic E-state index is 0.0282. The van der Waals surface area contributed by atoms with Gasteiger partial charge in [-0.1, -0.05) is 6.92 Å². The van der Waals surface area contributed by atoms with E-state index in [4.69, 9.17) is 0 Å². The number of nitrogens with zero attached hydrogens (tertiary/aromatic N) is 1. The first kappa shape index (κ1) is 13.4. The number of imidazole rings is 1. The summed E-state index contributed by atoms with van der Waals surface area (Å²) in [5, 5.41) is 3.29. The molecule has 1 atom stereocenters. The van der Waals surface area contributed by atoms with Crippen LogP contribution < -0.4 is 5.32 Å². The van der Waals surface area contributed by atoms with Gasteiger partial charge in [0, 0.05) is 17.8 Å². The number of aromatic amines is 1. The van der Waals surface area contributed by atoms with Crippen LogP contribution in [0.15, 0.2) is 12.4 Å². The van der Waals surface area contributed by atoms with E-state index in [1.54, 1.807) is 6.20 Å². The number of aromatic nitrogens is 2. The smallest absolute Gasteiger partial charge is 0.226 e. The molecule has 114 valence electrons. The lowest BCUT2D eigenvalue weighted by Crippen LogP contribution is -2.54. The van der Waals surface area contributed by atoms with Crippen LogP contribution in [-0.4, -0.2) is 15.9 Å². The van der Waals surface area contributed by atoms with Gasteiger partial charge < -0.3 is 10.3 Å². The molecule has 0 aromatic carbocycles. The molecule has 4 bridgehead atoms. The van der Waals surface area contributed by atoms with Crippen LogP contribution >= 0.6 is 0 Å². The van der Waals surface area contributed by atoms with Crippen molar-refractivity contribution in [2.75, 3.05) is 0 Å². The Hall–Kier alpha value is -1.32. The maximum Gasteiger partial charge on any atom is 0.226 e. The molecular formula is C17H25N3O. The Morgan fingerprint density at radius 2 is 1.95 bits per heavy atom. The van der Waals surface area contributed by atoms with Gasteiger partial charge in [0.1, 0.15) is 5.82 Å². The van der Waals surface area contributed by atoms with Gasteiger partial charge in [0.2, 0.25) is 5.91 Å². The van der Waals surface area contributed by atoms with E-state index >= 15 is 0 Å². The van der Waals surface area contributed by atoms with E-state index in [-0.39, 0.29) is 11.5 Å². The molecule has 4 saturated carbocycles. The molecule has 4 aliphatic carbocycles. The van der Waals surface area contributed by atoms with Gasteiger partial charge in [-0.15, -0.1) is 0 Å². The zero-order valence-electron chi connectivity index (χ0n) is 12.8. The SMILES string of the molecule is CCC(NC(=O)C12CC3CC(CC(C3)C1)C2)c1ncc[nH]1. The highest BCUT2D eigenvalue weighted by Gasteiger charge is 2.54. The van der Waals surface area contributed by atoms with Crippen LogP contribution in [0, 0.1) is 23.2 Å². The highest BCUT2D eigenvalue weighted by atomic mass is 16.2. The van der Waals surface area contributed by atoms with E-state index in [2.05, 4.69) is 22.2 Å². The van der Waals surface area contributed by atoms with Crippen LogP contribution in [0.4, 0.5) is 0 Å². The van der Waals surface area contributed by atoms with Crippen LogP contribution in [-0.2, 0) is 4.79 Å². The Bertz CT molecular complexity index is 487. The third-order valence-corrected chi connectivity index (χ3v) is 6.08. The normalized spacial score (nSPS) is 38.4. The first-order valence-electron chi connectivity index (χ1n) is 8.49. The molecule has 5 rings (SSSR count). The summed E-state index contributed by atoms with van der Waals surface area (Å²) in [4.78, 5) is 20.5. The third kappa shape index (κ3) is 2.19. The number of carbonyl (C=O) groups excluding carboxylic acids is 1. The fourth-order valence-electron chi connectivity index (χ4n) is 5.53. The van der Waals surface area contributed by atoms with Gasteiger partial charge in [-0.2, -0.15) is 0 Å². The van der Waals surface area contributed by atoms with E-state index < -0.39 is 0 Å². The molecule has 2 N–H and O–H groups in total. The van der Waals surface area contributed by atoms with Crippen LogP contribution in [0.25, 0.3) is 0 Å². The number of amides is 1. The number of hydrogen-bond donors (Lipinski definition) is 2. The van der Waals surface area contributed by atoms with E-state index in [9.17, 15) is 4.79 Å². The van der Waals surface area contributed by atoms with Crippen molar-refractivity contribution in [2.45, 2.75) is 57.9 Å². The monoisotopic (exact) mass is 287 g/mol. The summed E-state index contributed by atoms with van der Waals surface area (Å²) in [7, 11) is 0. The molecule has 1 heterocycles. The highest BCUT2D eigenvalue weighted by molar-refractivity contribution is 5.83. The van der Waals surface area contributed by atoms with Gasteiger partial charge in [-0.25, -0.2) is 4.98 Å². The molecule has 1 aromatic rings. The standard InChI is InChI=1S/C17H25N3O/c1-2-14(15-18-3-4-19-15)20-16(21)17-8-11-5-12(9-17)7-13(6-11)10-17/h3-4,11-14H,2,5-10H2,1H3,(H,18,19)(H,20,21). The second kappa shape index (κ2) is 4.85. The third-order valence-electron chi connectivity index (χ3n) is 6.08. The van der Waals surface area contributed by atoms with Crippen molar-refractivity contribution < 1.29 is 4.79 Å². The van der Waals surface area contributed by atoms with Crippen molar-refractivity contribution in [1.82, 2.24) is 15.3 Å². The van der Waals surface area contributed by atoms with Crippen molar-refractivity contribution in [3.8, 4) is 0 Å². The molecule has 1 unspecified atom stereocenters. The average molecular weight is 287 g/mol. The van der Waals surface area contributed by atoms with Gasteiger partial charge in [0.05, 0.1) is 6.04 Å². The van der Waals surface area contributed by atoms with Crippen molar-refractivity contribution in [1.29, 1.82) is 0 Å². The molecule has 4 heteroatoms. The molecule has 4 nitrogen and oxygen atoms in total. The predicted molar refractivity (Wildman–Crippen MR) is 80.4 cm³/mol. The van der Waals surface area contributed by atoms with Crippen LogP contribution in [0.2, 0.25) is 0 Å². The lowest BCUT2D eigenvalue weighted by Gasteiger charge is -2.55. The summed E-state index contributed by atoms with van der Waals surface area (Å²) in [6.07, 6.45) is 12.0. The molecule has 0 saturated heterocycles. The topological polar surface area (TPSA) is 57.8 Å². The zero-order chi connectivity index (χ0) is 14.4. The molecule has 4 fully saturated rings. The second-order valence-corrected chi connectivity index (χ2v) is 7.61. The first-order chi connectivity index (χ1) is 10.2. The molecule has 0 spiro atoms. The van der Waals surface area contributed by atoms with Gasteiger partial charge in [0.15, 0.2) is 0 Å². The van der Waals surface area contributed by atoms with Gasteiger partial charge in [0.25, 0.3) is 0 Å². The Kier molecular flexibility index (Phi) is 3.09. The Morgan fingerprint density at radius 1 is 1.33 bits per heavy atom. The van der Waals surface area contributed by atoms with Gasteiger partial charge in [-0.05, 0) is 62.7 Å². The Morgan fingerprint density at radius 3 is 2.43 bits per heavy atom. The highest BCUT2D eigenvalue weighted by Crippen LogP contribution is 2.60. The van der Waals surface area contributed by atoms with Gasteiger partial charge >= 0.3 is 0 Å². The van der Waals surface area contributed by atoms with Crippen molar-refractivity contribution in [2.24, 2.45) is 23.2 Å². The maximum atomic E-state index is 13.0. The van der Waals surface area contributed by atoms with E-state index in [1.807, 2.05) is 6.20 Å². The molecular weight excluding hydrogens is 262 g/mol. The van der Waals surface area contributed by atoms with Gasteiger partial charge in [-0.3, -0.25) is 4.79 Å². The maximum absolute atomic E-state index is 13.0. The number of rotatable bonds is 4. The number of carbonyl (C=O) groups is 1. The van der Waals surface area contributed by atoms with E-state index in [0.29, 0.717) is 5.91 Å². The predicted octanol–water partition coefficient (Wildman–Crippen LogP) is 3.19. The van der Waals surface area contributed by atoms with Crippen molar-refractivity contribution in [3.05, 3.63) is 18.2 Å². The molecule has 0 radical (unpaired) electrons. The molecule has 1 amide bonds. The quantitative estimate of drug-likeness (QED) is 0.893. The summed E-state index contributed by atoms with van der Waals surface area (Å²) in [6.45, 7) is 2.10. The lowest BCUT2D eigenvalue weighted by atomic mass is 9.49. The Balaban J connectivity index is 1.52.